The predicted octanol–water partition coefficient (Wildman–Crippen LogP) is 0.564. The lowest BCUT2D eigenvalue weighted by Crippen LogP contribution is -2.20. The van der Waals surface area contributed by atoms with Gasteiger partial charge in [-0.25, -0.2) is 4.79 Å². The van der Waals surface area contributed by atoms with Crippen molar-refractivity contribution in [2.45, 2.75) is 6.18 Å². The van der Waals surface area contributed by atoms with Crippen molar-refractivity contribution in [3.63, 3.8) is 0 Å². The van der Waals surface area contributed by atoms with Crippen LogP contribution in [0.25, 0.3) is 0 Å². The molecule has 0 rings (SSSR count). The van der Waals surface area contributed by atoms with Crippen molar-refractivity contribution in [3.8, 4) is 0 Å². The first-order chi connectivity index (χ1) is 4.88. The minimum absolute atomic E-state index is 0.181. The molecule has 0 spiro atoms. The van der Waals surface area contributed by atoms with Gasteiger partial charge in [0, 0.05) is 0 Å². The third-order valence-corrected chi connectivity index (χ3v) is 0.802. The van der Waals surface area contributed by atoms with Crippen molar-refractivity contribution in [2.24, 2.45) is 5.73 Å². The highest BCUT2D eigenvalue weighted by atomic mass is 19.4. The van der Waals surface area contributed by atoms with Crippen LogP contribution in [0.2, 0.25) is 0 Å². The summed E-state index contributed by atoms with van der Waals surface area (Å²) in [6.45, 7) is 0. The van der Waals surface area contributed by atoms with Gasteiger partial charge in [-0.3, -0.25) is 0 Å². The second-order valence-corrected chi connectivity index (χ2v) is 1.62. The average Bonchev–Trinajstić information content (AvgIpc) is 1.85. The number of allylic oxidation sites excluding steroid dienone is 1. The van der Waals surface area contributed by atoms with Crippen LogP contribution in [0.5, 0.6) is 0 Å². The number of nitrogens with two attached hydrogens (primary N) is 1. The minimum atomic E-state index is -4.67. The molecular weight excluding hydrogens is 163 g/mol. The molecule has 0 saturated carbocycles. The topological polar surface area (TPSA) is 52.3 Å². The van der Waals surface area contributed by atoms with E-state index in [0.717, 1.165) is 7.11 Å². The van der Waals surface area contributed by atoms with E-state index in [1.807, 2.05) is 0 Å². The molecule has 3 nitrogen and oxygen atoms in total. The van der Waals surface area contributed by atoms with Crippen LogP contribution < -0.4 is 5.73 Å². The monoisotopic (exact) mass is 169 g/mol. The Kier molecular flexibility index (Phi) is 2.91. The maximum Gasteiger partial charge on any atom is 0.430 e. The van der Waals surface area contributed by atoms with Crippen molar-refractivity contribution in [1.29, 1.82) is 0 Å². The Morgan fingerprint density at radius 3 is 2.27 bits per heavy atom. The molecule has 0 unspecified atom stereocenters. The van der Waals surface area contributed by atoms with Gasteiger partial charge in [0.25, 0.3) is 0 Å². The van der Waals surface area contributed by atoms with Gasteiger partial charge in [-0.15, -0.1) is 0 Å². The summed E-state index contributed by atoms with van der Waals surface area (Å²) in [6.07, 6.45) is -4.49. The van der Waals surface area contributed by atoms with Gasteiger partial charge in [-0.05, 0) is 0 Å². The van der Waals surface area contributed by atoms with Gasteiger partial charge in [-0.2, -0.15) is 13.2 Å². The molecule has 0 aliphatic heterocycles. The highest BCUT2D eigenvalue weighted by Gasteiger charge is 2.32. The molecule has 0 aliphatic rings. The number of carbonyl (C=O) groups excluding carboxylic acids is 1. The van der Waals surface area contributed by atoms with Crippen LogP contribution in [0.15, 0.2) is 11.8 Å². The Labute approximate surface area is 60.6 Å². The zero-order valence-electron chi connectivity index (χ0n) is 5.61. The summed E-state index contributed by atoms with van der Waals surface area (Å²) in [5.41, 5.74) is 2.99. The summed E-state index contributed by atoms with van der Waals surface area (Å²) in [7, 11) is 0.961. The Morgan fingerprint density at radius 2 is 2.00 bits per heavy atom. The molecule has 0 fully saturated rings. The number of hydrogen-bond donors (Lipinski definition) is 1. The third-order valence-electron chi connectivity index (χ3n) is 0.802. The van der Waals surface area contributed by atoms with Gasteiger partial charge in [0.05, 0.1) is 13.2 Å². The van der Waals surface area contributed by atoms with Crippen LogP contribution in [-0.2, 0) is 9.53 Å². The number of rotatable bonds is 1. The smallest absolute Gasteiger partial charge is 0.430 e. The first kappa shape index (κ1) is 9.80. The minimum Gasteiger partial charge on any atom is -0.466 e. The molecule has 0 aliphatic carbocycles. The Bertz CT molecular complexity index is 185. The Hall–Kier alpha value is -1.20. The van der Waals surface area contributed by atoms with Gasteiger partial charge in [0.15, 0.2) is 0 Å². The van der Waals surface area contributed by atoms with Gasteiger partial charge in [-0.1, -0.05) is 0 Å². The SMILES string of the molecule is COC(=O)/C=C(/N)C(F)(F)F. The first-order valence-electron chi connectivity index (χ1n) is 2.50. The normalized spacial score (nSPS) is 12.9. The van der Waals surface area contributed by atoms with Crippen molar-refractivity contribution < 1.29 is 22.7 Å². The zero-order valence-corrected chi connectivity index (χ0v) is 5.61. The molecule has 0 radical (unpaired) electrons. The van der Waals surface area contributed by atoms with Crippen LogP contribution in [-0.4, -0.2) is 19.3 Å². The average molecular weight is 169 g/mol. The fraction of sp³-hybridized carbons (Fsp3) is 0.400. The van der Waals surface area contributed by atoms with Gasteiger partial charge in [0.1, 0.15) is 5.70 Å². The number of carbonyl (C=O) groups is 1. The van der Waals surface area contributed by atoms with E-state index in [4.69, 9.17) is 0 Å². The first-order valence-corrected chi connectivity index (χ1v) is 2.50. The molecule has 11 heavy (non-hydrogen) atoms. The van der Waals surface area contributed by atoms with Crippen molar-refractivity contribution in [2.75, 3.05) is 7.11 Å². The van der Waals surface area contributed by atoms with Crippen molar-refractivity contribution in [1.82, 2.24) is 0 Å². The standard InChI is InChI=1S/C5H6F3NO2/c1-11-4(10)2-3(9)5(6,7)8/h2H,9H2,1H3/b3-2+. The summed E-state index contributed by atoms with van der Waals surface area (Å²) in [5, 5.41) is 0. The highest BCUT2D eigenvalue weighted by Crippen LogP contribution is 2.20. The molecule has 0 aromatic carbocycles. The summed E-state index contributed by atoms with van der Waals surface area (Å²) < 4.78 is 38.6. The largest absolute Gasteiger partial charge is 0.466 e. The zero-order chi connectivity index (χ0) is 9.07. The molecular formula is C5H6F3NO2. The molecule has 2 N–H and O–H groups in total. The fourth-order valence-electron chi connectivity index (χ4n) is 0.268. The molecule has 0 bridgehead atoms. The van der Waals surface area contributed by atoms with Gasteiger partial charge in [0.2, 0.25) is 0 Å². The molecule has 0 atom stereocenters. The third kappa shape index (κ3) is 3.49. The van der Waals surface area contributed by atoms with Gasteiger partial charge >= 0.3 is 12.1 Å². The molecule has 0 amide bonds. The van der Waals surface area contributed by atoms with E-state index in [0.29, 0.717) is 0 Å². The lowest BCUT2D eigenvalue weighted by Gasteiger charge is -2.04. The van der Waals surface area contributed by atoms with Gasteiger partial charge < -0.3 is 10.5 Å². The maximum atomic E-state index is 11.5. The fourth-order valence-corrected chi connectivity index (χ4v) is 0.268. The lowest BCUT2D eigenvalue weighted by molar-refractivity contribution is -0.136. The molecule has 0 saturated heterocycles. The number of methoxy groups -OCH3 is 1. The van der Waals surface area contributed by atoms with Crippen LogP contribution in [0, 0.1) is 0 Å². The van der Waals surface area contributed by atoms with Crippen molar-refractivity contribution >= 4 is 5.97 Å². The van der Waals surface area contributed by atoms with E-state index >= 15 is 0 Å². The van der Waals surface area contributed by atoms with Crippen LogP contribution in [0.3, 0.4) is 0 Å². The van der Waals surface area contributed by atoms with E-state index < -0.39 is 17.8 Å². The molecule has 64 valence electrons. The molecule has 0 aromatic heterocycles. The van der Waals surface area contributed by atoms with E-state index in [1.165, 1.54) is 0 Å². The van der Waals surface area contributed by atoms with Crippen molar-refractivity contribution in [3.05, 3.63) is 11.8 Å². The number of alkyl halides is 3. The summed E-state index contributed by atoms with van der Waals surface area (Å²) in [4.78, 5) is 10.2. The predicted molar refractivity (Wildman–Crippen MR) is 30.3 cm³/mol. The quantitative estimate of drug-likeness (QED) is 0.461. The molecule has 0 aromatic rings. The summed E-state index contributed by atoms with van der Waals surface area (Å²) in [5.74, 6) is -1.13. The number of hydrogen-bond acceptors (Lipinski definition) is 3. The number of esters is 1. The second-order valence-electron chi connectivity index (χ2n) is 1.62. The second kappa shape index (κ2) is 3.27. The molecule has 6 heteroatoms. The lowest BCUT2D eigenvalue weighted by atomic mass is 10.4. The Balaban J connectivity index is 4.35. The van der Waals surface area contributed by atoms with Crippen LogP contribution in [0.1, 0.15) is 0 Å². The Morgan fingerprint density at radius 1 is 1.55 bits per heavy atom. The number of ether oxygens (including phenoxy) is 1. The molecule has 0 heterocycles. The summed E-state index contributed by atoms with van der Waals surface area (Å²) >= 11 is 0. The van der Waals surface area contributed by atoms with E-state index in [9.17, 15) is 18.0 Å². The van der Waals surface area contributed by atoms with E-state index in [2.05, 4.69) is 10.5 Å². The summed E-state index contributed by atoms with van der Waals surface area (Å²) in [6, 6.07) is 0. The maximum absolute atomic E-state index is 11.5. The number of halogens is 3. The highest BCUT2D eigenvalue weighted by molar-refractivity contribution is 5.82. The van der Waals surface area contributed by atoms with Crippen LogP contribution >= 0.6 is 0 Å². The van der Waals surface area contributed by atoms with Crippen LogP contribution in [0.4, 0.5) is 13.2 Å². The van der Waals surface area contributed by atoms with E-state index in [1.54, 1.807) is 0 Å². The van der Waals surface area contributed by atoms with E-state index in [-0.39, 0.29) is 6.08 Å².